The number of anilines is 1. The third-order valence-corrected chi connectivity index (χ3v) is 5.61. The lowest BCUT2D eigenvalue weighted by Crippen LogP contribution is -2.60. The molecule has 0 spiro atoms. The van der Waals surface area contributed by atoms with Crippen molar-refractivity contribution in [1.82, 2.24) is 9.80 Å². The van der Waals surface area contributed by atoms with Crippen LogP contribution in [0.25, 0.3) is 0 Å². The predicted octanol–water partition coefficient (Wildman–Crippen LogP) is 5.19. The van der Waals surface area contributed by atoms with Gasteiger partial charge in [-0.15, -0.1) is 0 Å². The van der Waals surface area contributed by atoms with E-state index in [1.54, 1.807) is 27.7 Å². The van der Waals surface area contributed by atoms with Crippen molar-refractivity contribution in [2.24, 2.45) is 5.92 Å². The Morgan fingerprint density at radius 1 is 0.938 bits per heavy atom. The monoisotopic (exact) mass is 443 g/mol. The number of amides is 4. The van der Waals surface area contributed by atoms with E-state index in [0.29, 0.717) is 18.2 Å². The minimum atomic E-state index is -0.586. The highest BCUT2D eigenvalue weighted by atomic mass is 16.5. The first-order chi connectivity index (χ1) is 15.2. The molecule has 1 N–H and O–H groups in total. The fourth-order valence-corrected chi connectivity index (χ4v) is 3.59. The summed E-state index contributed by atoms with van der Waals surface area (Å²) in [6, 6.07) is 6.12. The van der Waals surface area contributed by atoms with Crippen molar-refractivity contribution < 1.29 is 19.1 Å². The maximum absolute atomic E-state index is 12.8. The zero-order valence-corrected chi connectivity index (χ0v) is 20.2. The summed E-state index contributed by atoms with van der Waals surface area (Å²) in [5.41, 5.74) is 0.654. The molecular formula is C25H37N3O4. The second-order valence-corrected chi connectivity index (χ2v) is 8.77. The average molecular weight is 444 g/mol. The number of hydrogen-bond acceptors (Lipinski definition) is 5. The first-order valence-corrected chi connectivity index (χ1v) is 11.6. The number of carbonyl (C=O) groups is 3. The van der Waals surface area contributed by atoms with Crippen LogP contribution in [0.3, 0.4) is 0 Å². The molecule has 0 aromatic heterocycles. The number of unbranched alkanes of at least 4 members (excludes halogenated alkanes) is 1. The van der Waals surface area contributed by atoms with Crippen LogP contribution in [-0.4, -0.2) is 46.3 Å². The van der Waals surface area contributed by atoms with E-state index in [-0.39, 0.29) is 17.7 Å². The molecule has 0 saturated carbocycles. The van der Waals surface area contributed by atoms with Crippen LogP contribution in [0.15, 0.2) is 36.0 Å². The van der Waals surface area contributed by atoms with Gasteiger partial charge in [-0.3, -0.25) is 19.4 Å². The molecule has 0 radical (unpaired) electrons. The molecule has 7 heteroatoms. The van der Waals surface area contributed by atoms with Crippen LogP contribution in [0.2, 0.25) is 0 Å². The summed E-state index contributed by atoms with van der Waals surface area (Å²) in [6.45, 7) is 12.1. The van der Waals surface area contributed by atoms with Gasteiger partial charge in [-0.1, -0.05) is 33.1 Å². The van der Waals surface area contributed by atoms with Crippen molar-refractivity contribution in [3.63, 3.8) is 0 Å². The first-order valence-electron chi connectivity index (χ1n) is 11.6. The lowest BCUT2D eigenvalue weighted by atomic mass is 10.0. The Bertz CT molecular complexity index is 798. The van der Waals surface area contributed by atoms with Gasteiger partial charge in [-0.2, -0.15) is 0 Å². The second-order valence-electron chi connectivity index (χ2n) is 8.77. The van der Waals surface area contributed by atoms with E-state index in [9.17, 15) is 14.4 Å². The fraction of sp³-hybridized carbons (Fsp3) is 0.560. The maximum Gasteiger partial charge on any atom is 0.334 e. The maximum atomic E-state index is 12.8. The van der Waals surface area contributed by atoms with Gasteiger partial charge in [0.2, 0.25) is 0 Å². The Labute approximate surface area is 191 Å². The SMILES string of the molecule is CCCCC(CC)COc1ccc(NC=C2C(=O)N(C(C)C)C(=O)N(C(C)C)C2=O)cc1. The predicted molar refractivity (Wildman–Crippen MR) is 126 cm³/mol. The van der Waals surface area contributed by atoms with Gasteiger partial charge < -0.3 is 10.1 Å². The van der Waals surface area contributed by atoms with Crippen molar-refractivity contribution in [1.29, 1.82) is 0 Å². The molecule has 1 aromatic carbocycles. The summed E-state index contributed by atoms with van der Waals surface area (Å²) in [5, 5.41) is 3.02. The highest BCUT2D eigenvalue weighted by Crippen LogP contribution is 2.23. The van der Waals surface area contributed by atoms with Gasteiger partial charge >= 0.3 is 6.03 Å². The number of hydrogen-bond donors (Lipinski definition) is 1. The second kappa shape index (κ2) is 11.7. The van der Waals surface area contributed by atoms with Crippen LogP contribution in [0.4, 0.5) is 10.5 Å². The van der Waals surface area contributed by atoms with Crippen molar-refractivity contribution >= 4 is 23.5 Å². The number of urea groups is 1. The normalized spacial score (nSPS) is 15.6. The van der Waals surface area contributed by atoms with Gasteiger partial charge in [0.1, 0.15) is 11.3 Å². The summed E-state index contributed by atoms with van der Waals surface area (Å²) in [4.78, 5) is 40.5. The van der Waals surface area contributed by atoms with E-state index in [0.717, 1.165) is 22.0 Å². The highest BCUT2D eigenvalue weighted by Gasteiger charge is 2.44. The Morgan fingerprint density at radius 2 is 1.50 bits per heavy atom. The molecule has 1 aliphatic heterocycles. The van der Waals surface area contributed by atoms with Crippen molar-refractivity contribution in [3.8, 4) is 5.75 Å². The van der Waals surface area contributed by atoms with Crippen molar-refractivity contribution in [2.75, 3.05) is 11.9 Å². The molecule has 0 bridgehead atoms. The highest BCUT2D eigenvalue weighted by molar-refractivity contribution is 6.29. The van der Waals surface area contributed by atoms with Crippen LogP contribution < -0.4 is 10.1 Å². The smallest absolute Gasteiger partial charge is 0.334 e. The number of benzene rings is 1. The van der Waals surface area contributed by atoms with E-state index in [2.05, 4.69) is 19.2 Å². The number of ether oxygens (including phenoxy) is 1. The third-order valence-electron chi connectivity index (χ3n) is 5.61. The van der Waals surface area contributed by atoms with Crippen LogP contribution in [0.5, 0.6) is 5.75 Å². The topological polar surface area (TPSA) is 79.0 Å². The van der Waals surface area contributed by atoms with Crippen LogP contribution >= 0.6 is 0 Å². The Morgan fingerprint density at radius 3 is 1.97 bits per heavy atom. The molecule has 1 atom stereocenters. The molecular weight excluding hydrogens is 406 g/mol. The van der Waals surface area contributed by atoms with Crippen LogP contribution in [0.1, 0.15) is 67.2 Å². The van der Waals surface area contributed by atoms with Crippen molar-refractivity contribution in [3.05, 3.63) is 36.0 Å². The molecule has 176 valence electrons. The number of nitrogens with zero attached hydrogens (tertiary/aromatic N) is 2. The zero-order valence-electron chi connectivity index (χ0n) is 20.2. The number of rotatable bonds is 11. The van der Waals surface area contributed by atoms with Gasteiger partial charge in [0.05, 0.1) is 6.61 Å². The number of nitrogens with one attached hydrogen (secondary N) is 1. The molecule has 1 unspecified atom stereocenters. The summed E-state index contributed by atoms with van der Waals surface area (Å²) in [6.07, 6.45) is 6.06. The van der Waals surface area contributed by atoms with Gasteiger partial charge in [-0.05, 0) is 64.3 Å². The summed E-state index contributed by atoms with van der Waals surface area (Å²) in [5.74, 6) is 0.163. The third kappa shape index (κ3) is 6.11. The molecule has 1 saturated heterocycles. The minimum absolute atomic E-state index is 0.0611. The lowest BCUT2D eigenvalue weighted by molar-refractivity contribution is -0.137. The number of imide groups is 2. The van der Waals surface area contributed by atoms with Crippen LogP contribution in [0, 0.1) is 5.92 Å². The van der Waals surface area contributed by atoms with E-state index in [1.807, 2.05) is 24.3 Å². The Kier molecular flexibility index (Phi) is 9.29. The van der Waals surface area contributed by atoms with E-state index >= 15 is 0 Å². The molecule has 4 amide bonds. The molecule has 0 aliphatic carbocycles. The van der Waals surface area contributed by atoms with Crippen molar-refractivity contribution in [2.45, 2.75) is 79.3 Å². The molecule has 1 aliphatic rings. The Hall–Kier alpha value is -2.83. The van der Waals surface area contributed by atoms with E-state index in [1.165, 1.54) is 25.5 Å². The minimum Gasteiger partial charge on any atom is -0.493 e. The zero-order chi connectivity index (χ0) is 23.8. The number of barbiturate groups is 1. The van der Waals surface area contributed by atoms with Gasteiger partial charge in [0, 0.05) is 24.0 Å². The van der Waals surface area contributed by atoms with Gasteiger partial charge in [0.25, 0.3) is 11.8 Å². The van der Waals surface area contributed by atoms with Gasteiger partial charge in [-0.25, -0.2) is 4.79 Å². The summed E-state index contributed by atoms with van der Waals surface area (Å²) < 4.78 is 5.93. The summed E-state index contributed by atoms with van der Waals surface area (Å²) in [7, 11) is 0. The van der Waals surface area contributed by atoms with Gasteiger partial charge in [0.15, 0.2) is 0 Å². The van der Waals surface area contributed by atoms with E-state index in [4.69, 9.17) is 4.74 Å². The van der Waals surface area contributed by atoms with Crippen LogP contribution in [-0.2, 0) is 9.59 Å². The average Bonchev–Trinajstić information content (AvgIpc) is 2.74. The molecule has 1 heterocycles. The van der Waals surface area contributed by atoms with E-state index < -0.39 is 17.8 Å². The molecule has 1 aromatic rings. The summed E-state index contributed by atoms with van der Waals surface area (Å²) >= 11 is 0. The quantitative estimate of drug-likeness (QED) is 0.376. The Balaban J connectivity index is 2.09. The molecule has 2 rings (SSSR count). The standard InChI is InChI=1S/C25H37N3O4/c1-7-9-10-19(8-2)16-32-21-13-11-20(12-14-21)26-15-22-23(29)27(17(3)4)25(31)28(18(5)6)24(22)30/h11-15,17-19,26H,7-10,16H2,1-6H3. The number of carbonyl (C=O) groups excluding carboxylic acids is 3. The lowest BCUT2D eigenvalue weighted by Gasteiger charge is -2.37. The fourth-order valence-electron chi connectivity index (χ4n) is 3.59. The largest absolute Gasteiger partial charge is 0.493 e. The molecule has 1 fully saturated rings. The molecule has 7 nitrogen and oxygen atoms in total. The molecule has 32 heavy (non-hydrogen) atoms. The first kappa shape index (κ1) is 25.4.